The van der Waals surface area contributed by atoms with Gasteiger partial charge < -0.3 is 5.11 Å². The van der Waals surface area contributed by atoms with Crippen LogP contribution in [-0.2, 0) is 21.0 Å². The van der Waals surface area contributed by atoms with E-state index in [9.17, 15) is 26.4 Å². The lowest BCUT2D eigenvalue weighted by atomic mass is 10.0. The highest BCUT2D eigenvalue weighted by Gasteiger charge is 2.40. The zero-order valence-corrected chi connectivity index (χ0v) is 12.2. The van der Waals surface area contributed by atoms with Crippen molar-refractivity contribution in [2.24, 2.45) is 5.92 Å². The van der Waals surface area contributed by atoms with Crippen molar-refractivity contribution in [3.8, 4) is 0 Å². The quantitative estimate of drug-likeness (QED) is 0.917. The lowest BCUT2D eigenvalue weighted by Gasteiger charge is -2.30. The molecular weight excluding hydrogens is 323 g/mol. The van der Waals surface area contributed by atoms with Gasteiger partial charge in [-0.1, -0.05) is 12.1 Å². The third-order valence-corrected chi connectivity index (χ3v) is 5.47. The van der Waals surface area contributed by atoms with Crippen LogP contribution in [0.15, 0.2) is 29.2 Å². The predicted molar refractivity (Wildman–Crippen MR) is 70.6 cm³/mol. The molecule has 0 radical (unpaired) electrons. The number of alkyl halides is 3. The normalized spacial score (nSPS) is 20.8. The van der Waals surface area contributed by atoms with Crippen LogP contribution in [0.4, 0.5) is 13.2 Å². The van der Waals surface area contributed by atoms with Crippen LogP contribution in [0.3, 0.4) is 0 Å². The maximum absolute atomic E-state index is 13.0. The summed E-state index contributed by atoms with van der Waals surface area (Å²) in [7, 11) is -4.39. The van der Waals surface area contributed by atoms with E-state index in [1.54, 1.807) is 0 Å². The number of rotatable bonds is 3. The average molecular weight is 337 g/mol. The summed E-state index contributed by atoms with van der Waals surface area (Å²) in [5.74, 6) is -2.05. The van der Waals surface area contributed by atoms with Crippen LogP contribution in [-0.4, -0.2) is 36.9 Å². The van der Waals surface area contributed by atoms with Crippen molar-refractivity contribution < 1.29 is 31.5 Å². The molecule has 1 aliphatic rings. The van der Waals surface area contributed by atoms with Crippen LogP contribution >= 0.6 is 0 Å². The summed E-state index contributed by atoms with van der Waals surface area (Å²) in [5.41, 5.74) is -1.24. The summed E-state index contributed by atoms with van der Waals surface area (Å²) in [6, 6.07) is 3.91. The van der Waals surface area contributed by atoms with E-state index in [1.807, 2.05) is 0 Å². The van der Waals surface area contributed by atoms with Crippen LogP contribution in [0.5, 0.6) is 0 Å². The maximum atomic E-state index is 13.0. The van der Waals surface area contributed by atoms with Gasteiger partial charge in [-0.25, -0.2) is 8.42 Å². The highest BCUT2D eigenvalue weighted by Crippen LogP contribution is 2.36. The van der Waals surface area contributed by atoms with E-state index in [2.05, 4.69) is 0 Å². The first-order valence-electron chi connectivity index (χ1n) is 6.53. The Labute approximate surface area is 125 Å². The van der Waals surface area contributed by atoms with Crippen molar-refractivity contribution in [3.63, 3.8) is 0 Å². The van der Waals surface area contributed by atoms with Crippen LogP contribution in [0, 0.1) is 5.92 Å². The van der Waals surface area contributed by atoms with Gasteiger partial charge in [-0.2, -0.15) is 17.5 Å². The van der Waals surface area contributed by atoms with Crippen molar-refractivity contribution in [2.75, 3.05) is 13.1 Å². The monoisotopic (exact) mass is 337 g/mol. The Morgan fingerprint density at radius 2 is 1.91 bits per heavy atom. The number of hydrogen-bond acceptors (Lipinski definition) is 3. The molecule has 1 aromatic rings. The Bertz CT molecular complexity index is 672. The molecule has 0 aromatic heterocycles. The molecule has 1 aromatic carbocycles. The van der Waals surface area contributed by atoms with Gasteiger partial charge in [0.25, 0.3) is 0 Å². The second kappa shape index (κ2) is 5.88. The molecule has 0 aliphatic carbocycles. The fourth-order valence-corrected chi connectivity index (χ4v) is 4.16. The average Bonchev–Trinajstić information content (AvgIpc) is 2.46. The molecule has 0 bridgehead atoms. The number of sulfonamides is 1. The van der Waals surface area contributed by atoms with Crippen molar-refractivity contribution in [1.82, 2.24) is 4.31 Å². The summed E-state index contributed by atoms with van der Waals surface area (Å²) < 4.78 is 64.7. The van der Waals surface area contributed by atoms with Crippen LogP contribution in [0.25, 0.3) is 0 Å². The van der Waals surface area contributed by atoms with E-state index in [-0.39, 0.29) is 13.1 Å². The summed E-state index contributed by atoms with van der Waals surface area (Å²) in [6.45, 7) is -0.303. The van der Waals surface area contributed by atoms with Gasteiger partial charge >= 0.3 is 12.1 Å². The fraction of sp³-hybridized carbons (Fsp3) is 0.462. The van der Waals surface area contributed by atoms with E-state index in [0.29, 0.717) is 18.9 Å². The molecule has 1 saturated heterocycles. The smallest absolute Gasteiger partial charge is 0.417 e. The highest BCUT2D eigenvalue weighted by molar-refractivity contribution is 7.89. The number of carboxylic acids is 1. The van der Waals surface area contributed by atoms with E-state index in [4.69, 9.17) is 5.11 Å². The molecule has 5 nitrogen and oxygen atoms in total. The molecule has 2 rings (SSSR count). The van der Waals surface area contributed by atoms with Gasteiger partial charge in [-0.15, -0.1) is 0 Å². The Morgan fingerprint density at radius 1 is 1.27 bits per heavy atom. The van der Waals surface area contributed by atoms with Gasteiger partial charge in [0.2, 0.25) is 10.0 Å². The van der Waals surface area contributed by atoms with Gasteiger partial charge in [0.05, 0.1) is 16.4 Å². The molecule has 1 N–H and O–H groups in total. The molecule has 1 atom stereocenters. The highest BCUT2D eigenvalue weighted by atomic mass is 32.2. The van der Waals surface area contributed by atoms with Crippen LogP contribution in [0.2, 0.25) is 0 Å². The van der Waals surface area contributed by atoms with Gasteiger partial charge in [-0.05, 0) is 25.0 Å². The summed E-state index contributed by atoms with van der Waals surface area (Å²) in [6.07, 6.45) is -4.20. The standard InChI is InChI=1S/C13H14F3NO4S/c14-13(15,16)10-5-1-2-6-11(10)22(20,21)17-7-3-4-9(8-17)12(18)19/h1-2,5-6,9H,3-4,7-8H2,(H,18,19)/t9-/m1/s1. The topological polar surface area (TPSA) is 74.7 Å². The Hall–Kier alpha value is -1.61. The van der Waals surface area contributed by atoms with E-state index < -0.39 is 38.5 Å². The minimum atomic E-state index is -4.80. The summed E-state index contributed by atoms with van der Waals surface area (Å²) in [5, 5.41) is 8.97. The number of piperidine rings is 1. The van der Waals surface area contributed by atoms with Crippen molar-refractivity contribution in [1.29, 1.82) is 0 Å². The number of nitrogens with zero attached hydrogens (tertiary/aromatic N) is 1. The lowest BCUT2D eigenvalue weighted by molar-refractivity contribution is -0.143. The lowest BCUT2D eigenvalue weighted by Crippen LogP contribution is -2.42. The van der Waals surface area contributed by atoms with Crippen molar-refractivity contribution in [2.45, 2.75) is 23.9 Å². The third kappa shape index (κ3) is 3.25. The van der Waals surface area contributed by atoms with Gasteiger partial charge in [-0.3, -0.25) is 4.79 Å². The molecule has 0 saturated carbocycles. The second-order valence-corrected chi connectivity index (χ2v) is 6.94. The summed E-state index contributed by atoms with van der Waals surface area (Å²) in [4.78, 5) is 10.1. The predicted octanol–water partition coefficient (Wildman–Crippen LogP) is 2.19. The van der Waals surface area contributed by atoms with Gasteiger partial charge in [0, 0.05) is 13.1 Å². The SMILES string of the molecule is O=C(O)[C@@H]1CCCN(S(=O)(=O)c2ccccc2C(F)(F)F)C1. The molecule has 1 fully saturated rings. The number of hydrogen-bond donors (Lipinski definition) is 1. The zero-order valence-electron chi connectivity index (χ0n) is 11.4. The first-order valence-corrected chi connectivity index (χ1v) is 7.97. The van der Waals surface area contributed by atoms with E-state index in [0.717, 1.165) is 16.4 Å². The van der Waals surface area contributed by atoms with Crippen molar-refractivity contribution >= 4 is 16.0 Å². The first kappa shape index (κ1) is 16.8. The molecule has 0 amide bonds. The van der Waals surface area contributed by atoms with Crippen LogP contribution < -0.4 is 0 Å². The molecule has 0 unspecified atom stereocenters. The molecule has 1 heterocycles. The minimum Gasteiger partial charge on any atom is -0.481 e. The molecule has 0 spiro atoms. The van der Waals surface area contributed by atoms with E-state index >= 15 is 0 Å². The van der Waals surface area contributed by atoms with Gasteiger partial charge in [0.15, 0.2) is 0 Å². The minimum absolute atomic E-state index is 0.0122. The third-order valence-electron chi connectivity index (χ3n) is 3.54. The Balaban J connectivity index is 2.41. The molecule has 122 valence electrons. The van der Waals surface area contributed by atoms with Crippen LogP contribution in [0.1, 0.15) is 18.4 Å². The van der Waals surface area contributed by atoms with Gasteiger partial charge in [0.1, 0.15) is 0 Å². The Kier molecular flexibility index (Phi) is 4.48. The molecule has 9 heteroatoms. The second-order valence-electron chi connectivity index (χ2n) is 5.03. The Morgan fingerprint density at radius 3 is 2.50 bits per heavy atom. The van der Waals surface area contributed by atoms with Crippen molar-refractivity contribution in [3.05, 3.63) is 29.8 Å². The number of carbonyl (C=O) groups is 1. The van der Waals surface area contributed by atoms with E-state index in [1.165, 1.54) is 6.07 Å². The first-order chi connectivity index (χ1) is 10.1. The molecule has 22 heavy (non-hydrogen) atoms. The largest absolute Gasteiger partial charge is 0.481 e. The maximum Gasteiger partial charge on any atom is 0.417 e. The molecular formula is C13H14F3NO4S. The summed E-state index contributed by atoms with van der Waals surface area (Å²) >= 11 is 0. The number of halogens is 3. The zero-order chi connectivity index (χ0) is 16.5. The fourth-order valence-electron chi connectivity index (χ4n) is 2.43. The number of benzene rings is 1. The molecule has 1 aliphatic heterocycles. The number of carboxylic acid groups (broad SMARTS) is 1. The number of aliphatic carboxylic acids is 1.